The van der Waals surface area contributed by atoms with Gasteiger partial charge in [-0.25, -0.2) is 5.01 Å². The fourth-order valence-corrected chi connectivity index (χ4v) is 3.84. The number of rotatable bonds is 2. The van der Waals surface area contributed by atoms with Crippen molar-refractivity contribution in [3.8, 4) is 0 Å². The highest BCUT2D eigenvalue weighted by Crippen LogP contribution is 2.32. The molecule has 1 atom stereocenters. The monoisotopic (exact) mass is 392 g/mol. The van der Waals surface area contributed by atoms with Crippen LogP contribution in [0.15, 0.2) is 46.6 Å². The predicted molar refractivity (Wildman–Crippen MR) is 106 cm³/mol. The molecule has 0 aromatic heterocycles. The number of halogens is 3. The van der Waals surface area contributed by atoms with Gasteiger partial charge in [-0.3, -0.25) is 4.99 Å². The smallest absolute Gasteiger partial charge is 0.359 e. The number of allylic oxidation sites excluding steroid dienone is 1. The number of aryl methyl sites for hydroxylation is 1. The van der Waals surface area contributed by atoms with Gasteiger partial charge in [0.15, 0.2) is 0 Å². The van der Waals surface area contributed by atoms with Crippen LogP contribution < -0.4 is 0 Å². The number of aliphatic imine (C=N–C) groups is 1. The molecule has 1 saturated heterocycles. The number of hydrazone groups is 1. The Bertz CT molecular complexity index is 765. The minimum absolute atomic E-state index is 0.304. The molecule has 0 radical (unpaired) electrons. The number of alkyl halides is 3. The highest BCUT2D eigenvalue weighted by atomic mass is 19.4. The van der Waals surface area contributed by atoms with Crippen LogP contribution in [0.5, 0.6) is 0 Å². The lowest BCUT2D eigenvalue weighted by molar-refractivity contribution is -0.105. The van der Waals surface area contributed by atoms with Crippen LogP contribution in [-0.2, 0) is 0 Å². The highest BCUT2D eigenvalue weighted by Gasteiger charge is 2.39. The molecule has 2 heterocycles. The summed E-state index contributed by atoms with van der Waals surface area (Å²) in [6, 6.07) is 8.64. The zero-order valence-corrected chi connectivity index (χ0v) is 16.5. The molecule has 1 aromatic rings. The lowest BCUT2D eigenvalue weighted by atomic mass is 9.91. The van der Waals surface area contributed by atoms with Crippen molar-refractivity contribution in [2.75, 3.05) is 20.1 Å². The zero-order valence-electron chi connectivity index (χ0n) is 16.5. The van der Waals surface area contributed by atoms with Crippen molar-refractivity contribution in [1.82, 2.24) is 9.91 Å². The molecule has 1 fully saturated rings. The molecule has 4 nitrogen and oxygen atoms in total. The van der Waals surface area contributed by atoms with Crippen LogP contribution in [0.4, 0.5) is 13.2 Å². The van der Waals surface area contributed by atoms with Crippen molar-refractivity contribution in [3.63, 3.8) is 0 Å². The second-order valence-electron chi connectivity index (χ2n) is 7.44. The van der Waals surface area contributed by atoms with Gasteiger partial charge in [0.05, 0.1) is 0 Å². The predicted octanol–water partition coefficient (Wildman–Crippen LogP) is 5.08. The summed E-state index contributed by atoms with van der Waals surface area (Å²) in [6.45, 7) is 6.88. The molecule has 7 heteroatoms. The van der Waals surface area contributed by atoms with Crippen LogP contribution in [0.1, 0.15) is 49.1 Å². The summed E-state index contributed by atoms with van der Waals surface area (Å²) in [5.74, 6) is 1.48. The molecule has 28 heavy (non-hydrogen) atoms. The Morgan fingerprint density at radius 1 is 1.14 bits per heavy atom. The summed E-state index contributed by atoms with van der Waals surface area (Å²) in [4.78, 5) is 6.11. The number of benzene rings is 1. The molecule has 3 rings (SSSR count). The Kier molecular flexibility index (Phi) is 6.10. The molecule has 0 bridgehead atoms. The van der Waals surface area contributed by atoms with Gasteiger partial charge in [0.2, 0.25) is 0 Å². The number of amidine groups is 2. The minimum atomic E-state index is -4.53. The third-order valence-corrected chi connectivity index (χ3v) is 5.52. The van der Waals surface area contributed by atoms with Gasteiger partial charge in [-0.15, -0.1) is 0 Å². The van der Waals surface area contributed by atoms with E-state index in [1.54, 1.807) is 0 Å². The summed E-state index contributed by atoms with van der Waals surface area (Å²) >= 11 is 0. The van der Waals surface area contributed by atoms with Crippen molar-refractivity contribution in [1.29, 1.82) is 0 Å². The SMILES string of the molecule is C=C(N1N=C(N2CCCC(c3ccc(C)cc3)CC2)CCC1=NC)C(F)(F)F. The first kappa shape index (κ1) is 20.4. The second kappa shape index (κ2) is 8.37. The summed E-state index contributed by atoms with van der Waals surface area (Å²) in [7, 11) is 1.49. The van der Waals surface area contributed by atoms with E-state index in [1.807, 2.05) is 0 Å². The third-order valence-electron chi connectivity index (χ3n) is 5.52. The van der Waals surface area contributed by atoms with E-state index in [9.17, 15) is 13.2 Å². The summed E-state index contributed by atoms with van der Waals surface area (Å²) in [6.07, 6.45) is -0.458. The van der Waals surface area contributed by atoms with E-state index >= 15 is 0 Å². The van der Waals surface area contributed by atoms with E-state index in [2.05, 4.69) is 52.8 Å². The Hall–Kier alpha value is -2.31. The molecule has 1 unspecified atom stereocenters. The van der Waals surface area contributed by atoms with Gasteiger partial charge in [0, 0.05) is 33.0 Å². The standard InChI is InChI=1S/C21H27F3N4/c1-15-6-8-18(9-7-15)17-5-4-13-27(14-12-17)20-11-10-19(25-3)28(26-20)16(2)21(22,23)24/h6-9,17H,2,4-5,10-14H2,1,3H3. The second-order valence-corrected chi connectivity index (χ2v) is 7.44. The molecule has 0 saturated carbocycles. The van der Waals surface area contributed by atoms with Crippen molar-refractivity contribution in [2.45, 2.75) is 51.1 Å². The van der Waals surface area contributed by atoms with E-state index in [0.717, 1.165) is 37.4 Å². The van der Waals surface area contributed by atoms with Crippen LogP contribution in [0, 0.1) is 6.92 Å². The Morgan fingerprint density at radius 2 is 1.86 bits per heavy atom. The maximum Gasteiger partial charge on any atom is 0.432 e. The van der Waals surface area contributed by atoms with Crippen LogP contribution in [0.2, 0.25) is 0 Å². The van der Waals surface area contributed by atoms with E-state index in [-0.39, 0.29) is 0 Å². The first-order valence-corrected chi connectivity index (χ1v) is 9.70. The number of nitrogens with zero attached hydrogens (tertiary/aromatic N) is 4. The first-order chi connectivity index (χ1) is 13.3. The summed E-state index contributed by atoms with van der Waals surface area (Å²) in [5, 5.41) is 5.18. The zero-order chi connectivity index (χ0) is 20.3. The number of hydrogen-bond donors (Lipinski definition) is 0. The van der Waals surface area contributed by atoms with Gasteiger partial charge in [-0.05, 0) is 37.7 Å². The van der Waals surface area contributed by atoms with E-state index in [4.69, 9.17) is 0 Å². The Labute approximate surface area is 164 Å². The van der Waals surface area contributed by atoms with Crippen molar-refractivity contribution >= 4 is 11.7 Å². The van der Waals surface area contributed by atoms with Crippen molar-refractivity contribution in [3.05, 3.63) is 47.7 Å². The van der Waals surface area contributed by atoms with Crippen LogP contribution in [0.3, 0.4) is 0 Å². The van der Waals surface area contributed by atoms with E-state index in [0.29, 0.717) is 30.4 Å². The van der Waals surface area contributed by atoms with Gasteiger partial charge in [-0.1, -0.05) is 36.4 Å². The largest absolute Gasteiger partial charge is 0.432 e. The molecule has 0 spiro atoms. The average molecular weight is 392 g/mol. The first-order valence-electron chi connectivity index (χ1n) is 9.70. The van der Waals surface area contributed by atoms with Crippen LogP contribution in [-0.4, -0.2) is 47.9 Å². The Morgan fingerprint density at radius 3 is 2.50 bits per heavy atom. The molecule has 2 aliphatic rings. The summed E-state index contributed by atoms with van der Waals surface area (Å²) in [5.41, 5.74) is 1.59. The topological polar surface area (TPSA) is 31.2 Å². The third kappa shape index (κ3) is 4.56. The van der Waals surface area contributed by atoms with Gasteiger partial charge in [0.1, 0.15) is 17.4 Å². The molecular formula is C21H27F3N4. The minimum Gasteiger partial charge on any atom is -0.359 e. The normalized spacial score (nSPS) is 22.8. The molecule has 0 aliphatic carbocycles. The fraction of sp³-hybridized carbons (Fsp3) is 0.524. The maximum absolute atomic E-state index is 13.2. The Balaban J connectivity index is 1.74. The van der Waals surface area contributed by atoms with Crippen LogP contribution in [0.25, 0.3) is 0 Å². The molecule has 152 valence electrons. The van der Waals surface area contributed by atoms with Crippen LogP contribution >= 0.6 is 0 Å². The van der Waals surface area contributed by atoms with Gasteiger partial charge < -0.3 is 4.90 Å². The lowest BCUT2D eigenvalue weighted by Gasteiger charge is -2.33. The summed E-state index contributed by atoms with van der Waals surface area (Å²) < 4.78 is 39.5. The van der Waals surface area contributed by atoms with Crippen molar-refractivity contribution in [2.24, 2.45) is 10.1 Å². The van der Waals surface area contributed by atoms with Gasteiger partial charge in [0.25, 0.3) is 0 Å². The number of likely N-dealkylation sites (tertiary alicyclic amines) is 1. The van der Waals surface area contributed by atoms with Crippen molar-refractivity contribution < 1.29 is 13.2 Å². The quantitative estimate of drug-likeness (QED) is 0.703. The molecule has 1 aromatic carbocycles. The van der Waals surface area contributed by atoms with E-state index in [1.165, 1.54) is 18.2 Å². The van der Waals surface area contributed by atoms with Gasteiger partial charge >= 0.3 is 6.18 Å². The average Bonchev–Trinajstić information content (AvgIpc) is 2.93. The molecule has 0 amide bonds. The lowest BCUT2D eigenvalue weighted by Crippen LogP contribution is -2.42. The maximum atomic E-state index is 13.2. The highest BCUT2D eigenvalue weighted by molar-refractivity contribution is 5.94. The molecule has 2 aliphatic heterocycles. The van der Waals surface area contributed by atoms with E-state index < -0.39 is 11.9 Å². The van der Waals surface area contributed by atoms with Gasteiger partial charge in [-0.2, -0.15) is 18.3 Å². The molecular weight excluding hydrogens is 365 g/mol. The fourth-order valence-electron chi connectivity index (χ4n) is 3.84. The molecule has 0 N–H and O–H groups in total. The number of hydrogen-bond acceptors (Lipinski definition) is 3.